The van der Waals surface area contributed by atoms with Gasteiger partial charge in [-0.05, 0) is 70.7 Å². The zero-order valence-electron chi connectivity index (χ0n) is 18.5. The van der Waals surface area contributed by atoms with Crippen molar-refractivity contribution in [3.8, 4) is 6.07 Å². The first-order chi connectivity index (χ1) is 14.0. The van der Waals surface area contributed by atoms with Crippen LogP contribution < -0.4 is 0 Å². The molecule has 0 aliphatic carbocycles. The third-order valence-corrected chi connectivity index (χ3v) is 5.50. The fourth-order valence-electron chi connectivity index (χ4n) is 4.03. The lowest BCUT2D eigenvalue weighted by Crippen LogP contribution is -2.47. The average molecular weight is 419 g/mol. The number of amides is 1. The van der Waals surface area contributed by atoms with Gasteiger partial charge >= 0.3 is 12.1 Å². The summed E-state index contributed by atoms with van der Waals surface area (Å²) in [6.45, 7) is 9.91. The number of halogens is 1. The summed E-state index contributed by atoms with van der Waals surface area (Å²) in [6, 6.07) is 6.70. The minimum atomic E-state index is -0.706. The lowest BCUT2D eigenvalue weighted by atomic mass is 9.64. The molecule has 1 aromatic carbocycles. The van der Waals surface area contributed by atoms with E-state index in [1.807, 2.05) is 20.8 Å². The van der Waals surface area contributed by atoms with Crippen LogP contribution in [0.4, 0.5) is 9.18 Å². The molecule has 1 aliphatic rings. The maximum atomic E-state index is 13.6. The monoisotopic (exact) mass is 418 g/mol. The standard InChI is InChI=1S/C23H31FN2O4/c1-6-29-20(27)14-23(19(15-25)18-8-7-17(24)13-16(18)2)9-11-26(12-10-23)21(28)30-22(3,4)5/h7-8,13,19H,6,9-12,14H2,1-5H3. The largest absolute Gasteiger partial charge is 0.466 e. The molecule has 1 unspecified atom stereocenters. The Labute approximate surface area is 177 Å². The molecule has 6 nitrogen and oxygen atoms in total. The van der Waals surface area contributed by atoms with Gasteiger partial charge in [-0.25, -0.2) is 9.18 Å². The zero-order chi connectivity index (χ0) is 22.5. The van der Waals surface area contributed by atoms with Gasteiger partial charge < -0.3 is 14.4 Å². The molecule has 0 radical (unpaired) electrons. The minimum Gasteiger partial charge on any atom is -0.466 e. The van der Waals surface area contributed by atoms with Crippen molar-refractivity contribution < 1.29 is 23.5 Å². The summed E-state index contributed by atoms with van der Waals surface area (Å²) < 4.78 is 24.3. The van der Waals surface area contributed by atoms with E-state index in [-0.39, 0.29) is 24.8 Å². The van der Waals surface area contributed by atoms with Gasteiger partial charge in [0.25, 0.3) is 0 Å². The third-order valence-electron chi connectivity index (χ3n) is 5.50. The summed E-state index contributed by atoms with van der Waals surface area (Å²) in [7, 11) is 0. The molecule has 0 saturated carbocycles. The van der Waals surface area contributed by atoms with E-state index in [0.717, 1.165) is 0 Å². The maximum absolute atomic E-state index is 13.6. The summed E-state index contributed by atoms with van der Waals surface area (Å²) in [5, 5.41) is 10.1. The van der Waals surface area contributed by atoms with Crippen LogP contribution in [0.25, 0.3) is 0 Å². The van der Waals surface area contributed by atoms with E-state index in [1.165, 1.54) is 12.1 Å². The SMILES string of the molecule is CCOC(=O)CC1(C(C#N)c2ccc(F)cc2C)CCN(C(=O)OC(C)(C)C)CC1. The normalized spacial score (nSPS) is 17.0. The molecule has 0 N–H and O–H groups in total. The molecule has 1 heterocycles. The summed E-state index contributed by atoms with van der Waals surface area (Å²) in [5.41, 5.74) is 0.0623. The van der Waals surface area contributed by atoms with Crippen LogP contribution in [-0.4, -0.2) is 42.3 Å². The second-order valence-corrected chi connectivity index (χ2v) is 8.87. The molecule has 0 aromatic heterocycles. The van der Waals surface area contributed by atoms with Crippen LogP contribution in [-0.2, 0) is 14.3 Å². The molecule has 0 bridgehead atoms. The molecular formula is C23H31FN2O4. The Morgan fingerprint density at radius 1 is 1.30 bits per heavy atom. The Kier molecular flexibility index (Phi) is 7.46. The van der Waals surface area contributed by atoms with Gasteiger partial charge in [0, 0.05) is 18.5 Å². The quantitative estimate of drug-likeness (QED) is 0.647. The number of nitriles is 1. The number of hydrogen-bond donors (Lipinski definition) is 0. The molecule has 2 rings (SSSR count). The third kappa shape index (κ3) is 5.71. The number of hydrogen-bond acceptors (Lipinski definition) is 5. The van der Waals surface area contributed by atoms with E-state index < -0.39 is 23.0 Å². The molecule has 1 saturated heterocycles. The van der Waals surface area contributed by atoms with Gasteiger partial charge in [-0.15, -0.1) is 0 Å². The van der Waals surface area contributed by atoms with Crippen molar-refractivity contribution in [3.05, 3.63) is 35.1 Å². The van der Waals surface area contributed by atoms with Gasteiger partial charge in [0.1, 0.15) is 11.4 Å². The Hall–Kier alpha value is -2.62. The number of nitrogens with zero attached hydrogens (tertiary/aromatic N) is 2. The number of rotatable bonds is 5. The number of esters is 1. The molecular weight excluding hydrogens is 387 g/mol. The van der Waals surface area contributed by atoms with Crippen LogP contribution in [0, 0.1) is 29.5 Å². The lowest BCUT2D eigenvalue weighted by Gasteiger charge is -2.44. The number of likely N-dealkylation sites (tertiary alicyclic amines) is 1. The van der Waals surface area contributed by atoms with E-state index in [1.54, 1.807) is 24.8 Å². The number of benzene rings is 1. The zero-order valence-corrected chi connectivity index (χ0v) is 18.5. The van der Waals surface area contributed by atoms with Crippen molar-refractivity contribution in [3.63, 3.8) is 0 Å². The first-order valence-electron chi connectivity index (χ1n) is 10.3. The van der Waals surface area contributed by atoms with Crippen LogP contribution in [0.1, 0.15) is 64.0 Å². The topological polar surface area (TPSA) is 79.6 Å². The molecule has 0 spiro atoms. The predicted octanol–water partition coefficient (Wildman–Crippen LogP) is 4.71. The van der Waals surface area contributed by atoms with Crippen molar-refractivity contribution in [2.75, 3.05) is 19.7 Å². The fraction of sp³-hybridized carbons (Fsp3) is 0.609. The molecule has 1 aliphatic heterocycles. The van der Waals surface area contributed by atoms with Crippen molar-refractivity contribution in [2.45, 2.75) is 65.4 Å². The van der Waals surface area contributed by atoms with E-state index in [0.29, 0.717) is 37.1 Å². The lowest BCUT2D eigenvalue weighted by molar-refractivity contribution is -0.147. The van der Waals surface area contributed by atoms with Gasteiger partial charge in [0.05, 0.1) is 25.0 Å². The Bertz CT molecular complexity index is 817. The summed E-state index contributed by atoms with van der Waals surface area (Å²) in [5.74, 6) is -1.36. The van der Waals surface area contributed by atoms with E-state index in [4.69, 9.17) is 9.47 Å². The van der Waals surface area contributed by atoms with Gasteiger partial charge in [-0.3, -0.25) is 4.79 Å². The van der Waals surface area contributed by atoms with Gasteiger partial charge in [0.15, 0.2) is 0 Å². The first kappa shape index (κ1) is 23.7. The Morgan fingerprint density at radius 2 is 1.93 bits per heavy atom. The summed E-state index contributed by atoms with van der Waals surface area (Å²) in [4.78, 5) is 26.5. The highest BCUT2D eigenvalue weighted by molar-refractivity contribution is 5.71. The van der Waals surface area contributed by atoms with Crippen molar-refractivity contribution >= 4 is 12.1 Å². The van der Waals surface area contributed by atoms with Crippen LogP contribution in [0.3, 0.4) is 0 Å². The molecule has 7 heteroatoms. The predicted molar refractivity (Wildman–Crippen MR) is 110 cm³/mol. The van der Waals surface area contributed by atoms with E-state index in [2.05, 4.69) is 6.07 Å². The first-order valence-corrected chi connectivity index (χ1v) is 10.3. The number of carbonyl (C=O) groups excluding carboxylic acids is 2. The molecule has 1 atom stereocenters. The number of aryl methyl sites for hydroxylation is 1. The molecule has 1 fully saturated rings. The molecule has 1 amide bonds. The van der Waals surface area contributed by atoms with Crippen molar-refractivity contribution in [1.82, 2.24) is 4.90 Å². The Balaban J connectivity index is 2.32. The van der Waals surface area contributed by atoms with Crippen molar-refractivity contribution in [1.29, 1.82) is 5.26 Å². The molecule has 30 heavy (non-hydrogen) atoms. The van der Waals surface area contributed by atoms with Crippen LogP contribution >= 0.6 is 0 Å². The van der Waals surface area contributed by atoms with Crippen LogP contribution in [0.15, 0.2) is 18.2 Å². The van der Waals surface area contributed by atoms with Gasteiger partial charge in [-0.1, -0.05) is 6.07 Å². The molecule has 1 aromatic rings. The average Bonchev–Trinajstić information content (AvgIpc) is 2.63. The summed E-state index contributed by atoms with van der Waals surface area (Å²) >= 11 is 0. The van der Waals surface area contributed by atoms with Gasteiger partial charge in [-0.2, -0.15) is 5.26 Å². The van der Waals surface area contributed by atoms with E-state index >= 15 is 0 Å². The summed E-state index contributed by atoms with van der Waals surface area (Å²) in [6.07, 6.45) is 0.553. The second-order valence-electron chi connectivity index (χ2n) is 8.87. The van der Waals surface area contributed by atoms with Crippen molar-refractivity contribution in [2.24, 2.45) is 5.41 Å². The van der Waals surface area contributed by atoms with Gasteiger partial charge in [0.2, 0.25) is 0 Å². The maximum Gasteiger partial charge on any atom is 0.410 e. The highest BCUT2D eigenvalue weighted by Gasteiger charge is 2.46. The molecule has 164 valence electrons. The number of ether oxygens (including phenoxy) is 2. The number of piperidine rings is 1. The Morgan fingerprint density at radius 3 is 2.43 bits per heavy atom. The van der Waals surface area contributed by atoms with E-state index in [9.17, 15) is 19.2 Å². The smallest absolute Gasteiger partial charge is 0.410 e. The van der Waals surface area contributed by atoms with Crippen LogP contribution in [0.5, 0.6) is 0 Å². The highest BCUT2D eigenvalue weighted by Crippen LogP contribution is 2.48. The minimum absolute atomic E-state index is 0.0675. The second kappa shape index (κ2) is 9.46. The number of carbonyl (C=O) groups is 2. The van der Waals surface area contributed by atoms with Crippen LogP contribution in [0.2, 0.25) is 0 Å². The highest BCUT2D eigenvalue weighted by atomic mass is 19.1. The fourth-order valence-corrected chi connectivity index (χ4v) is 4.03.